The van der Waals surface area contributed by atoms with Gasteiger partial charge in [0.25, 0.3) is 0 Å². The molecule has 0 radical (unpaired) electrons. The predicted octanol–water partition coefficient (Wildman–Crippen LogP) is 3.68. The lowest BCUT2D eigenvalue weighted by Crippen LogP contribution is -2.24. The van der Waals surface area contributed by atoms with Crippen molar-refractivity contribution in [3.05, 3.63) is 35.6 Å². The summed E-state index contributed by atoms with van der Waals surface area (Å²) >= 11 is 0. The van der Waals surface area contributed by atoms with Crippen molar-refractivity contribution < 1.29 is 4.43 Å². The molecule has 0 unspecified atom stereocenters. The Morgan fingerprint density at radius 3 is 2.18 bits per heavy atom. The van der Waals surface area contributed by atoms with Crippen LogP contribution < -0.4 is 0 Å². The van der Waals surface area contributed by atoms with Gasteiger partial charge in [-0.25, -0.2) is 0 Å². The molecule has 0 fully saturated rings. The molecule has 0 aromatic rings. The van der Waals surface area contributed by atoms with Crippen LogP contribution >= 0.6 is 0 Å². The summed E-state index contributed by atoms with van der Waals surface area (Å²) < 4.78 is 5.93. The zero-order chi connectivity index (χ0) is 12.9. The maximum atomic E-state index is 5.93. The van der Waals surface area contributed by atoms with Crippen LogP contribution in [0.25, 0.3) is 0 Å². The maximum Gasteiger partial charge on any atom is 0.241 e. The van der Waals surface area contributed by atoms with E-state index in [1.54, 1.807) is 7.05 Å². The van der Waals surface area contributed by atoms with E-state index in [1.165, 1.54) is 0 Å². The van der Waals surface area contributed by atoms with Gasteiger partial charge < -0.3 is 4.43 Å². The molecule has 0 spiro atoms. The second-order valence-electron chi connectivity index (χ2n) is 4.71. The summed E-state index contributed by atoms with van der Waals surface area (Å²) in [5.41, 5.74) is 1.87. The first-order chi connectivity index (χ1) is 7.92. The summed E-state index contributed by atoms with van der Waals surface area (Å²) in [7, 11) is 0.0632. The average molecular weight is 249 g/mol. The van der Waals surface area contributed by atoms with E-state index in [2.05, 4.69) is 35.1 Å². The van der Waals surface area contributed by atoms with E-state index in [0.717, 1.165) is 17.0 Å². The molecule has 0 heterocycles. The van der Waals surface area contributed by atoms with Crippen LogP contribution in [-0.4, -0.2) is 21.1 Å². The van der Waals surface area contributed by atoms with Crippen molar-refractivity contribution in [1.29, 1.82) is 0 Å². The fraction of sp³-hybridized carbons (Fsp3) is 0.417. The van der Waals surface area contributed by atoms with Crippen LogP contribution in [0.2, 0.25) is 19.6 Å². The van der Waals surface area contributed by atoms with Crippen LogP contribution in [0.15, 0.2) is 51.1 Å². The van der Waals surface area contributed by atoms with Gasteiger partial charge in [-0.05, 0) is 56.1 Å². The molecule has 4 nitrogen and oxygen atoms in total. The zero-order valence-electron chi connectivity index (χ0n) is 11.1. The minimum absolute atomic E-state index is 0.792. The second-order valence-corrected chi connectivity index (χ2v) is 9.14. The van der Waals surface area contributed by atoms with Gasteiger partial charge in [-0.3, -0.25) is 0 Å². The minimum atomic E-state index is -1.53. The SMILES string of the molecule is CN=NN=C1C=CC(=C(C)O[Si](C)(C)C)C=C1. The molecule has 5 heteroatoms. The van der Waals surface area contributed by atoms with E-state index in [4.69, 9.17) is 4.43 Å². The van der Waals surface area contributed by atoms with Gasteiger partial charge in [-0.15, -0.1) is 5.10 Å². The summed E-state index contributed by atoms with van der Waals surface area (Å²) in [6.07, 6.45) is 7.78. The van der Waals surface area contributed by atoms with Crippen molar-refractivity contribution in [2.75, 3.05) is 7.05 Å². The van der Waals surface area contributed by atoms with Crippen molar-refractivity contribution in [2.24, 2.45) is 15.4 Å². The summed E-state index contributed by atoms with van der Waals surface area (Å²) in [5, 5.41) is 11.1. The molecule has 92 valence electrons. The van der Waals surface area contributed by atoms with Crippen molar-refractivity contribution in [3.8, 4) is 0 Å². The fourth-order valence-corrected chi connectivity index (χ4v) is 2.41. The summed E-state index contributed by atoms with van der Waals surface area (Å²) in [6, 6.07) is 0. The Morgan fingerprint density at radius 2 is 1.71 bits per heavy atom. The monoisotopic (exact) mass is 249 g/mol. The van der Waals surface area contributed by atoms with Crippen LogP contribution in [0.5, 0.6) is 0 Å². The molecule has 0 amide bonds. The quantitative estimate of drug-likeness (QED) is 0.326. The third kappa shape index (κ3) is 4.91. The average Bonchev–Trinajstić information content (AvgIpc) is 2.24. The Bertz CT molecular complexity index is 408. The molecule has 1 aliphatic carbocycles. The second kappa shape index (κ2) is 5.72. The summed E-state index contributed by atoms with van der Waals surface area (Å²) in [5.74, 6) is 0.966. The Kier molecular flexibility index (Phi) is 4.57. The van der Waals surface area contributed by atoms with Crippen molar-refractivity contribution in [1.82, 2.24) is 0 Å². The molecule has 1 aliphatic rings. The largest absolute Gasteiger partial charge is 0.547 e. The van der Waals surface area contributed by atoms with Crippen LogP contribution in [0, 0.1) is 0 Å². The molecule has 0 N–H and O–H groups in total. The van der Waals surface area contributed by atoms with Crippen LogP contribution in [0.4, 0.5) is 0 Å². The van der Waals surface area contributed by atoms with Gasteiger partial charge in [-0.1, -0.05) is 0 Å². The number of hydrogen-bond donors (Lipinski definition) is 0. The molecule has 0 saturated heterocycles. The number of hydrogen-bond acceptors (Lipinski definition) is 3. The van der Waals surface area contributed by atoms with E-state index < -0.39 is 8.32 Å². The normalized spacial score (nSPS) is 15.6. The lowest BCUT2D eigenvalue weighted by Gasteiger charge is -2.21. The molecule has 0 bridgehead atoms. The first-order valence-electron chi connectivity index (χ1n) is 5.55. The Labute approximate surface area is 104 Å². The van der Waals surface area contributed by atoms with Crippen LogP contribution in [-0.2, 0) is 4.43 Å². The third-order valence-electron chi connectivity index (χ3n) is 1.98. The molecular weight excluding hydrogens is 230 g/mol. The van der Waals surface area contributed by atoms with Crippen LogP contribution in [0.1, 0.15) is 6.92 Å². The van der Waals surface area contributed by atoms with Crippen LogP contribution in [0.3, 0.4) is 0 Å². The Morgan fingerprint density at radius 1 is 1.12 bits per heavy atom. The standard InChI is InChI=1S/C12H19N3OSi/c1-10(16-17(3,4)5)11-6-8-12(9-7-11)14-15-13-2/h6-9H,1-5H3. The maximum absolute atomic E-state index is 5.93. The molecular formula is C12H19N3OSi. The summed E-state index contributed by atoms with van der Waals surface area (Å²) in [4.78, 5) is 0. The van der Waals surface area contributed by atoms with Gasteiger partial charge in [0, 0.05) is 5.57 Å². The molecule has 0 aliphatic heterocycles. The molecule has 0 aromatic carbocycles. The highest BCUT2D eigenvalue weighted by molar-refractivity contribution is 6.70. The van der Waals surface area contributed by atoms with Crippen molar-refractivity contribution >= 4 is 14.0 Å². The van der Waals surface area contributed by atoms with Gasteiger partial charge in [0.1, 0.15) is 0 Å². The van der Waals surface area contributed by atoms with Gasteiger partial charge in [0.2, 0.25) is 8.32 Å². The first kappa shape index (κ1) is 13.6. The lowest BCUT2D eigenvalue weighted by molar-refractivity contribution is 0.421. The number of nitrogens with zero attached hydrogens (tertiary/aromatic N) is 3. The third-order valence-corrected chi connectivity index (χ3v) is 2.90. The van der Waals surface area contributed by atoms with E-state index in [9.17, 15) is 0 Å². The number of allylic oxidation sites excluding steroid dienone is 6. The van der Waals surface area contributed by atoms with Crippen molar-refractivity contribution in [2.45, 2.75) is 26.6 Å². The van der Waals surface area contributed by atoms with E-state index >= 15 is 0 Å². The molecule has 1 rings (SSSR count). The molecule has 17 heavy (non-hydrogen) atoms. The van der Waals surface area contributed by atoms with E-state index in [1.807, 2.05) is 31.2 Å². The predicted molar refractivity (Wildman–Crippen MR) is 73.6 cm³/mol. The minimum Gasteiger partial charge on any atom is -0.547 e. The topological polar surface area (TPSA) is 46.3 Å². The highest BCUT2D eigenvalue weighted by atomic mass is 28.4. The first-order valence-corrected chi connectivity index (χ1v) is 8.96. The highest BCUT2D eigenvalue weighted by Gasteiger charge is 2.17. The molecule has 0 saturated carbocycles. The van der Waals surface area contributed by atoms with Gasteiger partial charge >= 0.3 is 0 Å². The molecule has 0 atom stereocenters. The molecule has 0 aromatic heterocycles. The van der Waals surface area contributed by atoms with Gasteiger partial charge in [0.05, 0.1) is 18.5 Å². The van der Waals surface area contributed by atoms with Crippen molar-refractivity contribution in [3.63, 3.8) is 0 Å². The van der Waals surface area contributed by atoms with E-state index in [-0.39, 0.29) is 0 Å². The number of rotatable bonds is 3. The Balaban J connectivity index is 2.80. The highest BCUT2D eigenvalue weighted by Crippen LogP contribution is 2.17. The lowest BCUT2D eigenvalue weighted by atomic mass is 10.1. The summed E-state index contributed by atoms with van der Waals surface area (Å²) in [6.45, 7) is 8.50. The van der Waals surface area contributed by atoms with E-state index in [0.29, 0.717) is 0 Å². The Hall–Kier alpha value is -1.49. The fourth-order valence-electron chi connectivity index (χ4n) is 1.38. The van der Waals surface area contributed by atoms with Gasteiger partial charge in [0.15, 0.2) is 0 Å². The van der Waals surface area contributed by atoms with Gasteiger partial charge in [-0.2, -0.15) is 5.11 Å². The zero-order valence-corrected chi connectivity index (χ0v) is 12.1. The smallest absolute Gasteiger partial charge is 0.241 e.